The van der Waals surface area contributed by atoms with E-state index in [0.717, 1.165) is 35.3 Å². The van der Waals surface area contributed by atoms with E-state index in [1.807, 2.05) is 12.1 Å². The Bertz CT molecular complexity index is 566. The number of ether oxygens (including phenoxy) is 1. The van der Waals surface area contributed by atoms with Gasteiger partial charge >= 0.3 is 0 Å². The molecule has 0 aliphatic carbocycles. The molecule has 1 aromatic heterocycles. The summed E-state index contributed by atoms with van der Waals surface area (Å²) in [5.74, 6) is 1.47. The van der Waals surface area contributed by atoms with Gasteiger partial charge in [-0.1, -0.05) is 39.0 Å². The third-order valence-corrected chi connectivity index (χ3v) is 3.75. The number of fused-ring (bicyclic) bond motifs is 1. The van der Waals surface area contributed by atoms with Crippen LogP contribution in [0.4, 0.5) is 0 Å². The first kappa shape index (κ1) is 14.8. The van der Waals surface area contributed by atoms with Crippen LogP contribution < -0.4 is 10.1 Å². The van der Waals surface area contributed by atoms with E-state index < -0.39 is 0 Å². The standard InChI is InChI=1S/C17H24N2O/c1-5-15(12(2)3)18-11-14-10-9-13-7-6-8-16(20-4)17(13)19-14/h6-10,12,15,18H,5,11H2,1-4H3. The summed E-state index contributed by atoms with van der Waals surface area (Å²) in [6.45, 7) is 7.51. The van der Waals surface area contributed by atoms with Gasteiger partial charge in [-0.15, -0.1) is 0 Å². The van der Waals surface area contributed by atoms with Crippen molar-refractivity contribution in [2.75, 3.05) is 7.11 Å². The number of aromatic nitrogens is 1. The van der Waals surface area contributed by atoms with Crippen molar-refractivity contribution in [2.45, 2.75) is 39.8 Å². The van der Waals surface area contributed by atoms with Crippen molar-refractivity contribution >= 4 is 10.9 Å². The van der Waals surface area contributed by atoms with E-state index in [9.17, 15) is 0 Å². The molecule has 1 N–H and O–H groups in total. The van der Waals surface area contributed by atoms with E-state index in [-0.39, 0.29) is 0 Å². The lowest BCUT2D eigenvalue weighted by molar-refractivity contribution is 0.385. The molecule has 0 saturated carbocycles. The van der Waals surface area contributed by atoms with Crippen molar-refractivity contribution in [2.24, 2.45) is 5.92 Å². The predicted octanol–water partition coefficient (Wildman–Crippen LogP) is 3.77. The lowest BCUT2D eigenvalue weighted by Gasteiger charge is -2.20. The van der Waals surface area contributed by atoms with Crippen molar-refractivity contribution in [1.82, 2.24) is 10.3 Å². The van der Waals surface area contributed by atoms with Crippen molar-refractivity contribution in [3.63, 3.8) is 0 Å². The maximum Gasteiger partial charge on any atom is 0.145 e. The Morgan fingerprint density at radius 2 is 2.00 bits per heavy atom. The van der Waals surface area contributed by atoms with Crippen LogP contribution in [0.2, 0.25) is 0 Å². The number of hydrogen-bond acceptors (Lipinski definition) is 3. The van der Waals surface area contributed by atoms with E-state index >= 15 is 0 Å². The molecule has 0 aliphatic rings. The van der Waals surface area contributed by atoms with Crippen LogP contribution in [0.3, 0.4) is 0 Å². The summed E-state index contributed by atoms with van der Waals surface area (Å²) >= 11 is 0. The fourth-order valence-electron chi connectivity index (χ4n) is 2.51. The molecule has 0 bridgehead atoms. The van der Waals surface area contributed by atoms with Crippen molar-refractivity contribution in [3.8, 4) is 5.75 Å². The van der Waals surface area contributed by atoms with Crippen LogP contribution in [0, 0.1) is 5.92 Å². The Morgan fingerprint density at radius 1 is 1.20 bits per heavy atom. The van der Waals surface area contributed by atoms with Gasteiger partial charge in [-0.3, -0.25) is 0 Å². The second-order valence-electron chi connectivity index (χ2n) is 5.47. The summed E-state index contributed by atoms with van der Waals surface area (Å²) in [6.07, 6.45) is 1.13. The summed E-state index contributed by atoms with van der Waals surface area (Å²) in [7, 11) is 1.69. The second-order valence-corrected chi connectivity index (χ2v) is 5.47. The first-order valence-electron chi connectivity index (χ1n) is 7.31. The van der Waals surface area contributed by atoms with Gasteiger partial charge in [0.1, 0.15) is 11.3 Å². The van der Waals surface area contributed by atoms with Gasteiger partial charge in [-0.25, -0.2) is 4.98 Å². The minimum Gasteiger partial charge on any atom is -0.494 e. The first-order valence-corrected chi connectivity index (χ1v) is 7.31. The molecule has 0 spiro atoms. The number of nitrogens with one attached hydrogen (secondary N) is 1. The summed E-state index contributed by atoms with van der Waals surface area (Å²) in [5.41, 5.74) is 1.99. The molecule has 0 amide bonds. The zero-order chi connectivity index (χ0) is 14.5. The third kappa shape index (κ3) is 3.28. The average Bonchev–Trinajstić information content (AvgIpc) is 2.46. The molecule has 0 fully saturated rings. The Balaban J connectivity index is 2.19. The predicted molar refractivity (Wildman–Crippen MR) is 84.1 cm³/mol. The molecule has 1 aromatic carbocycles. The molecule has 0 radical (unpaired) electrons. The lowest BCUT2D eigenvalue weighted by Crippen LogP contribution is -2.32. The minimum absolute atomic E-state index is 0.533. The molecule has 2 aromatic rings. The van der Waals surface area contributed by atoms with E-state index in [4.69, 9.17) is 9.72 Å². The molecule has 2 rings (SSSR count). The van der Waals surface area contributed by atoms with E-state index in [2.05, 4.69) is 44.3 Å². The van der Waals surface area contributed by atoms with Gasteiger partial charge in [0.15, 0.2) is 0 Å². The summed E-state index contributed by atoms with van der Waals surface area (Å²) in [5, 5.41) is 4.70. The molecule has 3 heteroatoms. The maximum absolute atomic E-state index is 5.38. The molecule has 0 saturated heterocycles. The molecule has 1 unspecified atom stereocenters. The number of para-hydroxylation sites is 1. The van der Waals surface area contributed by atoms with Crippen LogP contribution in [0.1, 0.15) is 32.9 Å². The average molecular weight is 272 g/mol. The number of pyridine rings is 1. The van der Waals surface area contributed by atoms with Crippen molar-refractivity contribution in [1.29, 1.82) is 0 Å². The summed E-state index contributed by atoms with van der Waals surface area (Å²) in [4.78, 5) is 4.72. The fourth-order valence-corrected chi connectivity index (χ4v) is 2.51. The lowest BCUT2D eigenvalue weighted by atomic mass is 10.0. The van der Waals surface area contributed by atoms with Crippen LogP contribution >= 0.6 is 0 Å². The summed E-state index contributed by atoms with van der Waals surface area (Å²) < 4.78 is 5.38. The molecule has 1 atom stereocenters. The van der Waals surface area contributed by atoms with Crippen molar-refractivity contribution < 1.29 is 4.74 Å². The third-order valence-electron chi connectivity index (χ3n) is 3.75. The number of benzene rings is 1. The smallest absolute Gasteiger partial charge is 0.145 e. The number of rotatable bonds is 6. The van der Waals surface area contributed by atoms with Crippen LogP contribution in [0.5, 0.6) is 5.75 Å². The molecular weight excluding hydrogens is 248 g/mol. The second kappa shape index (κ2) is 6.71. The van der Waals surface area contributed by atoms with Gasteiger partial charge in [0, 0.05) is 18.0 Å². The fraction of sp³-hybridized carbons (Fsp3) is 0.471. The number of hydrogen-bond donors (Lipinski definition) is 1. The monoisotopic (exact) mass is 272 g/mol. The van der Waals surface area contributed by atoms with Crippen LogP contribution in [0.15, 0.2) is 30.3 Å². The Morgan fingerprint density at radius 3 is 2.65 bits per heavy atom. The van der Waals surface area contributed by atoms with E-state index in [1.54, 1.807) is 7.11 Å². The zero-order valence-corrected chi connectivity index (χ0v) is 12.8. The topological polar surface area (TPSA) is 34.1 Å². The highest BCUT2D eigenvalue weighted by Gasteiger charge is 2.11. The molecule has 3 nitrogen and oxygen atoms in total. The highest BCUT2D eigenvalue weighted by Crippen LogP contribution is 2.23. The SMILES string of the molecule is CCC(NCc1ccc2cccc(OC)c2n1)C(C)C. The van der Waals surface area contributed by atoms with Gasteiger partial charge < -0.3 is 10.1 Å². The molecule has 1 heterocycles. The molecular formula is C17H24N2O. The van der Waals surface area contributed by atoms with Gasteiger partial charge in [0.25, 0.3) is 0 Å². The van der Waals surface area contributed by atoms with E-state index in [1.165, 1.54) is 0 Å². The quantitative estimate of drug-likeness (QED) is 0.869. The minimum atomic E-state index is 0.533. The Hall–Kier alpha value is -1.61. The van der Waals surface area contributed by atoms with E-state index in [0.29, 0.717) is 12.0 Å². The van der Waals surface area contributed by atoms with Crippen LogP contribution in [-0.2, 0) is 6.54 Å². The number of methoxy groups -OCH3 is 1. The number of nitrogens with zero attached hydrogens (tertiary/aromatic N) is 1. The first-order chi connectivity index (χ1) is 9.65. The zero-order valence-electron chi connectivity index (χ0n) is 12.8. The van der Waals surface area contributed by atoms with Crippen molar-refractivity contribution in [3.05, 3.63) is 36.0 Å². The molecule has 0 aliphatic heterocycles. The van der Waals surface area contributed by atoms with Gasteiger partial charge in [0.2, 0.25) is 0 Å². The molecule has 108 valence electrons. The highest BCUT2D eigenvalue weighted by molar-refractivity contribution is 5.84. The van der Waals surface area contributed by atoms with Gasteiger partial charge in [0.05, 0.1) is 12.8 Å². The van der Waals surface area contributed by atoms with Crippen LogP contribution in [-0.4, -0.2) is 18.1 Å². The summed E-state index contributed by atoms with van der Waals surface area (Å²) in [6, 6.07) is 10.7. The normalized spacial score (nSPS) is 12.8. The van der Waals surface area contributed by atoms with Gasteiger partial charge in [-0.2, -0.15) is 0 Å². The Kier molecular flexibility index (Phi) is 4.96. The Labute approximate surface area is 121 Å². The maximum atomic E-state index is 5.38. The van der Waals surface area contributed by atoms with Crippen LogP contribution in [0.25, 0.3) is 10.9 Å². The molecule has 20 heavy (non-hydrogen) atoms. The van der Waals surface area contributed by atoms with Gasteiger partial charge in [-0.05, 0) is 24.5 Å². The highest BCUT2D eigenvalue weighted by atomic mass is 16.5. The largest absolute Gasteiger partial charge is 0.494 e.